The third-order valence-electron chi connectivity index (χ3n) is 20.2. The van der Waals surface area contributed by atoms with Crippen LogP contribution in [-0.2, 0) is 14.5 Å². The summed E-state index contributed by atoms with van der Waals surface area (Å²) in [5.41, 5.74) is 13.1. The topological polar surface area (TPSA) is 239 Å². The molecule has 0 fully saturated rings. The molecule has 20 nitrogen and oxygen atoms in total. The Morgan fingerprint density at radius 3 is 1.23 bits per heavy atom. The molecule has 636 valence electrons. The fraction of sp³-hybridized carbons (Fsp3) is 0.0490. The normalized spacial score (nSPS) is 10.4. The zero-order chi connectivity index (χ0) is 86.9. The third-order valence-corrected chi connectivity index (χ3v) is 22.6. The number of aryl methyl sites for hydroxylation is 1. The molecule has 0 aliphatic rings. The number of halogens is 5. The molecule has 0 aliphatic heterocycles. The first-order valence-electron chi connectivity index (χ1n) is 39.1. The minimum Gasteiger partial charge on any atom is -0.508 e. The zero-order valence-corrected chi connectivity index (χ0v) is 88.1. The van der Waals surface area contributed by atoms with Crippen LogP contribution in [0.5, 0.6) is 23.0 Å². The number of rotatable bonds is 8. The standard InChI is InChI=1S/C32H20N4O.C17H11BrN2.C16H12N2O.C15H10N2O.C10H10N2.C6H4Br2.C2H4O2.CH2F.CH2O3.2CH4.BrH.2Cs/c1-3-9-28-24(7-1)23-14-12-21(19-27(23)32-34-17-18-35(28)32)37-22-13-15-26-25-8-2-4-10-29(25)36(30(26)20-22)31-11-5-6-16-33-31;18-12-8-9-14-13-5-1-2-6-15(13)20(16(14)11-12)17-7-3-4-10-19-17;1-19-11-6-7-12-13-4-2-3-5-15(13)18-9-8-17-16(18)14(12)10-11;18-10-5-6-11-12-3-1-2-4-14(12)17-8-7-16-15(17)13(11)9-10;1-8-3-2-4-9(7-8)10-11-5-6-12-10;7-5-3-1-2-4-6(5)8;1-2(3)4;1-2;2-1-4-3;;;;;/h1-20H;1-11H;2-10H,1H3;1-9,18H;2-7H,1H3,(H,11,12);1-4H;1H3,(H,3,4);1H2;1,3H;2*1H4;1H;;/q;;;;;;;-1;;;;;2*+1/i/hD. The number of nitrogens with one attached hydrogen (secondary N) is 1. The smallest absolute Gasteiger partial charge is 0.508 e. The Morgan fingerprint density at radius 1 is 0.426 bits per heavy atom. The largest absolute Gasteiger partial charge is 1.00 e. The van der Waals surface area contributed by atoms with E-state index in [9.17, 15) is 9.50 Å². The molecule has 0 radical (unpaired) electrons. The SMILES string of the molecule is Br.Brc1ccc2c3ccccc3n(-c3ccccn3)c2c1.Brc1ccccc1Br.C.C.CC(=O)O.COc1ccc2c3ccccc3n3ccnc3c2c1.Cc1cccc(-c2ncc[nH]2)c1.Oc1ccc2c3ccccc3n3ccnc3c2c1.[2H]OOC=O.[CH2-]F.[Cs+].[Cs+].c1ccc(-n2c3ccccc3c3ccc(Oc4ccc5c6ccccc6n6ccnc6c5c4)cc32)nc1. The summed E-state index contributed by atoms with van der Waals surface area (Å²) >= 11 is 10.3. The second-order valence-corrected chi connectivity index (χ2v) is 30.3. The number of fused-ring (bicyclic) bond motifs is 24. The van der Waals surface area contributed by atoms with Gasteiger partial charge in [-0.2, -0.15) is 7.18 Å². The Balaban J connectivity index is 0.000000165. The number of hydrogen-bond acceptors (Lipinski definition) is 13. The number of carbonyl (C=O) groups excluding carboxylic acids is 1. The molecular formula is C102H84Br4Cs2FN12O8+. The van der Waals surface area contributed by atoms with Crippen LogP contribution in [0.3, 0.4) is 0 Å². The summed E-state index contributed by atoms with van der Waals surface area (Å²) in [6.45, 7) is 3.18. The molecule has 0 spiro atoms. The minimum atomic E-state index is -0.833. The Bertz CT molecular complexity index is 7740. The molecule has 11 heterocycles. The van der Waals surface area contributed by atoms with Crippen LogP contribution in [0.25, 0.3) is 150 Å². The summed E-state index contributed by atoms with van der Waals surface area (Å²) in [6.07, 6.45) is 18.7. The van der Waals surface area contributed by atoms with Crippen LogP contribution in [0.15, 0.2) is 373 Å². The Morgan fingerprint density at radius 2 is 0.814 bits per heavy atom. The number of aromatic nitrogens is 12. The molecule has 0 amide bonds. The molecule has 0 saturated heterocycles. The number of phenolic OH excluding ortho intramolecular Hbond substituents is 1. The molecule has 0 unspecified atom stereocenters. The van der Waals surface area contributed by atoms with Crippen LogP contribution in [0.1, 0.15) is 27.3 Å². The number of H-pyrrole nitrogens is 1. The molecular weight excluding hydrogens is 2130 g/mol. The van der Waals surface area contributed by atoms with E-state index in [0.29, 0.717) is 0 Å². The summed E-state index contributed by atoms with van der Waals surface area (Å²) in [6, 6.07) is 101. The van der Waals surface area contributed by atoms with Gasteiger partial charge in [-0.25, -0.2) is 35.2 Å². The van der Waals surface area contributed by atoms with Crippen LogP contribution in [0, 0.1) is 14.1 Å². The first kappa shape index (κ1) is 99.2. The van der Waals surface area contributed by atoms with E-state index in [0.717, 1.165) is 137 Å². The molecule has 0 atom stereocenters. The van der Waals surface area contributed by atoms with Gasteiger partial charge in [0.05, 0.1) is 45.7 Å². The van der Waals surface area contributed by atoms with Crippen LogP contribution >= 0.6 is 64.8 Å². The van der Waals surface area contributed by atoms with Crippen molar-refractivity contribution in [3.05, 3.63) is 385 Å². The summed E-state index contributed by atoms with van der Waals surface area (Å²) < 4.78 is 40.6. The van der Waals surface area contributed by atoms with Gasteiger partial charge < -0.3 is 33.9 Å². The Kier molecular flexibility index (Phi) is 36.9. The number of aromatic amines is 1. The van der Waals surface area contributed by atoms with E-state index in [1.54, 1.807) is 38.8 Å². The number of aliphatic carboxylic acids is 1. The Labute approximate surface area is 897 Å². The van der Waals surface area contributed by atoms with E-state index in [-0.39, 0.29) is 182 Å². The predicted molar refractivity (Wildman–Crippen MR) is 528 cm³/mol. The van der Waals surface area contributed by atoms with E-state index in [2.05, 4.69) is 292 Å². The van der Waals surface area contributed by atoms with Gasteiger partial charge in [0.25, 0.3) is 7.40 Å². The van der Waals surface area contributed by atoms with Crippen LogP contribution in [0.4, 0.5) is 4.39 Å². The van der Waals surface area contributed by atoms with Gasteiger partial charge in [-0.05, 0) is 207 Å². The van der Waals surface area contributed by atoms with Gasteiger partial charge in [0.2, 0.25) is 0 Å². The van der Waals surface area contributed by atoms with Crippen molar-refractivity contribution in [3.8, 4) is 46.0 Å². The van der Waals surface area contributed by atoms with Gasteiger partial charge in [0, 0.05) is 148 Å². The number of nitrogens with zero attached hydrogens (tertiary/aromatic N) is 11. The first-order valence-corrected chi connectivity index (χ1v) is 41.0. The summed E-state index contributed by atoms with van der Waals surface area (Å²) in [7, 11) is 3.44. The second-order valence-electron chi connectivity index (χ2n) is 27.7. The van der Waals surface area contributed by atoms with Crippen molar-refractivity contribution in [2.24, 2.45) is 0 Å². The number of methoxy groups -OCH3 is 1. The molecule has 0 bridgehead atoms. The number of phenols is 1. The maximum atomic E-state index is 9.66. The van der Waals surface area contributed by atoms with Crippen LogP contribution < -0.4 is 147 Å². The molecule has 23 aromatic rings. The van der Waals surface area contributed by atoms with Gasteiger partial charge in [-0.15, -0.1) is 17.0 Å². The average Bonchev–Trinajstić information content (AvgIpc) is 1.68. The fourth-order valence-electron chi connectivity index (χ4n) is 15.1. The summed E-state index contributed by atoms with van der Waals surface area (Å²) in [5.74, 6) is 4.58. The number of carboxylic acid groups (broad SMARTS) is 1. The molecule has 11 aromatic heterocycles. The first-order chi connectivity index (χ1) is 61.2. The number of carboxylic acids is 1. The van der Waals surface area contributed by atoms with E-state index in [1.165, 1.54) is 54.4 Å². The molecule has 4 N–H and O–H groups in total. The molecule has 0 saturated carbocycles. The monoisotopic (exact) mass is 2210 g/mol. The van der Waals surface area contributed by atoms with Crippen molar-refractivity contribution in [1.29, 1.82) is 1.43 Å². The fourth-order valence-corrected chi connectivity index (χ4v) is 16.0. The second kappa shape index (κ2) is 48.0. The number of para-hydroxylation sites is 5. The quantitative estimate of drug-likeness (QED) is 0.0364. The number of aromatic hydroxyl groups is 1. The number of ether oxygens (including phenoxy) is 2. The van der Waals surface area contributed by atoms with Crippen molar-refractivity contribution < 1.29 is 182 Å². The molecule has 23 rings (SSSR count). The van der Waals surface area contributed by atoms with Gasteiger partial charge >= 0.3 is 144 Å². The van der Waals surface area contributed by atoms with E-state index in [4.69, 9.17) is 25.6 Å². The number of hydrogen-bond donors (Lipinski definition) is 4. The molecule has 129 heavy (non-hydrogen) atoms. The van der Waals surface area contributed by atoms with Crippen molar-refractivity contribution >= 4 is 203 Å². The molecule has 0 aliphatic carbocycles. The van der Waals surface area contributed by atoms with E-state index < -0.39 is 5.97 Å². The number of pyridine rings is 5. The number of benzene rings is 12. The summed E-state index contributed by atoms with van der Waals surface area (Å²) in [5, 5.41) is 35.2. The molecule has 12 aromatic carbocycles. The van der Waals surface area contributed by atoms with Crippen molar-refractivity contribution in [3.63, 3.8) is 0 Å². The van der Waals surface area contributed by atoms with Gasteiger partial charge in [0.15, 0.2) is 0 Å². The maximum Gasteiger partial charge on any atom is 1.00 e. The maximum absolute atomic E-state index is 9.66. The van der Waals surface area contributed by atoms with Crippen molar-refractivity contribution in [1.82, 2.24) is 57.2 Å². The van der Waals surface area contributed by atoms with Crippen LogP contribution in [-0.4, -0.2) is 92.2 Å². The Hall–Kier alpha value is -10.4. The zero-order valence-electron chi connectivity index (χ0n) is 70.0. The third kappa shape index (κ3) is 22.8. The van der Waals surface area contributed by atoms with E-state index in [1.807, 2.05) is 165 Å². The summed E-state index contributed by atoms with van der Waals surface area (Å²) in [4.78, 5) is 51.2. The predicted octanol–water partition coefficient (Wildman–Crippen LogP) is 21.8. The van der Waals surface area contributed by atoms with Crippen LogP contribution in [0.2, 0.25) is 0 Å². The van der Waals surface area contributed by atoms with Gasteiger partial charge in [0.1, 0.15) is 57.4 Å². The molecule has 27 heteroatoms. The average molecular weight is 2210 g/mol. The van der Waals surface area contributed by atoms with Gasteiger partial charge in [-0.3, -0.25) is 31.9 Å². The van der Waals surface area contributed by atoms with Gasteiger partial charge in [-0.1, -0.05) is 176 Å². The minimum absolute atomic E-state index is 0. The van der Waals surface area contributed by atoms with E-state index >= 15 is 0 Å². The number of carbonyl (C=O) groups is 2. The number of imidazole rings is 4. The van der Waals surface area contributed by atoms with Crippen molar-refractivity contribution in [2.45, 2.75) is 28.7 Å². The van der Waals surface area contributed by atoms with Crippen molar-refractivity contribution in [2.75, 3.05) is 7.11 Å².